The van der Waals surface area contributed by atoms with Gasteiger partial charge in [-0.2, -0.15) is 5.26 Å². The molecule has 19 heavy (non-hydrogen) atoms. The Balaban J connectivity index is 1.81. The van der Waals surface area contributed by atoms with Gasteiger partial charge in [0.25, 0.3) is 0 Å². The second-order valence-electron chi connectivity index (χ2n) is 3.73. The highest BCUT2D eigenvalue weighted by Gasteiger charge is 2.05. The van der Waals surface area contributed by atoms with E-state index < -0.39 is 0 Å². The first-order chi connectivity index (χ1) is 9.28. The number of rotatable bonds is 3. The molecule has 0 fully saturated rings. The SMILES string of the molecule is N#Cc1ccc(CNC(=O)NC2=CC=CNS2)cc1. The summed E-state index contributed by atoms with van der Waals surface area (Å²) in [7, 11) is 0. The summed E-state index contributed by atoms with van der Waals surface area (Å²) in [6.45, 7) is 0.415. The van der Waals surface area contributed by atoms with Gasteiger partial charge in [0.05, 0.1) is 16.7 Å². The molecule has 2 rings (SSSR count). The van der Waals surface area contributed by atoms with E-state index in [2.05, 4.69) is 15.4 Å². The molecule has 0 saturated heterocycles. The molecular weight excluding hydrogens is 260 g/mol. The summed E-state index contributed by atoms with van der Waals surface area (Å²) in [6, 6.07) is 8.87. The maximum absolute atomic E-state index is 11.6. The van der Waals surface area contributed by atoms with Gasteiger partial charge in [-0.3, -0.25) is 0 Å². The summed E-state index contributed by atoms with van der Waals surface area (Å²) in [5, 5.41) is 14.9. The number of hydrogen-bond acceptors (Lipinski definition) is 4. The Labute approximate surface area is 115 Å². The van der Waals surface area contributed by atoms with Crippen molar-refractivity contribution in [2.24, 2.45) is 0 Å². The van der Waals surface area contributed by atoms with Crippen molar-refractivity contribution >= 4 is 18.0 Å². The van der Waals surface area contributed by atoms with Crippen LogP contribution in [-0.4, -0.2) is 6.03 Å². The maximum atomic E-state index is 11.6. The molecule has 0 aromatic heterocycles. The van der Waals surface area contributed by atoms with Gasteiger partial charge in [-0.05, 0) is 29.8 Å². The minimum atomic E-state index is -0.264. The number of hydrogen-bond donors (Lipinski definition) is 3. The summed E-state index contributed by atoms with van der Waals surface area (Å²) in [4.78, 5) is 11.6. The lowest BCUT2D eigenvalue weighted by atomic mass is 10.1. The van der Waals surface area contributed by atoms with Gasteiger partial charge in [0, 0.05) is 24.7 Å². The summed E-state index contributed by atoms with van der Waals surface area (Å²) in [5.41, 5.74) is 1.55. The van der Waals surface area contributed by atoms with E-state index in [1.54, 1.807) is 18.3 Å². The third-order valence-electron chi connectivity index (χ3n) is 2.35. The fourth-order valence-corrected chi connectivity index (χ4v) is 1.97. The number of benzene rings is 1. The first kappa shape index (κ1) is 13.1. The molecule has 0 aliphatic carbocycles. The topological polar surface area (TPSA) is 77.0 Å². The first-order valence-electron chi connectivity index (χ1n) is 5.61. The molecule has 6 heteroatoms. The van der Waals surface area contributed by atoms with Gasteiger partial charge in [-0.1, -0.05) is 12.1 Å². The monoisotopic (exact) mass is 272 g/mol. The van der Waals surface area contributed by atoms with Crippen molar-refractivity contribution in [3.63, 3.8) is 0 Å². The molecule has 3 N–H and O–H groups in total. The summed E-state index contributed by atoms with van der Waals surface area (Å²) >= 11 is 1.33. The van der Waals surface area contributed by atoms with Crippen LogP contribution in [0.1, 0.15) is 11.1 Å². The Morgan fingerprint density at radius 1 is 1.37 bits per heavy atom. The number of amides is 2. The number of urea groups is 1. The second kappa shape index (κ2) is 6.52. The van der Waals surface area contributed by atoms with E-state index in [9.17, 15) is 4.79 Å². The average Bonchev–Trinajstić information content (AvgIpc) is 2.47. The highest BCUT2D eigenvalue weighted by atomic mass is 32.2. The average molecular weight is 272 g/mol. The minimum absolute atomic E-state index is 0.264. The third kappa shape index (κ3) is 4.08. The highest BCUT2D eigenvalue weighted by Crippen LogP contribution is 2.11. The van der Waals surface area contributed by atoms with Crippen molar-refractivity contribution in [2.75, 3.05) is 0 Å². The molecule has 0 atom stereocenters. The fourth-order valence-electron chi connectivity index (χ4n) is 1.41. The Morgan fingerprint density at radius 2 is 2.16 bits per heavy atom. The Hall–Kier alpha value is -2.39. The molecule has 1 heterocycles. The van der Waals surface area contributed by atoms with Gasteiger partial charge < -0.3 is 15.4 Å². The van der Waals surface area contributed by atoms with Crippen molar-refractivity contribution < 1.29 is 4.79 Å². The number of carbonyl (C=O) groups is 1. The van der Waals surface area contributed by atoms with Crippen LogP contribution in [0.2, 0.25) is 0 Å². The number of nitrogens with one attached hydrogen (secondary N) is 3. The van der Waals surface area contributed by atoms with E-state index in [4.69, 9.17) is 5.26 Å². The molecule has 0 saturated carbocycles. The van der Waals surface area contributed by atoms with Crippen LogP contribution >= 0.6 is 11.9 Å². The second-order valence-corrected chi connectivity index (χ2v) is 4.61. The maximum Gasteiger partial charge on any atom is 0.319 e. The Morgan fingerprint density at radius 3 is 2.79 bits per heavy atom. The van der Waals surface area contributed by atoms with E-state index in [1.807, 2.05) is 30.4 Å². The molecule has 0 bridgehead atoms. The molecule has 2 amide bonds. The molecular formula is C13H12N4OS. The number of nitrogens with zero attached hydrogens (tertiary/aromatic N) is 1. The van der Waals surface area contributed by atoms with Gasteiger partial charge in [0.2, 0.25) is 0 Å². The zero-order valence-corrected chi connectivity index (χ0v) is 10.8. The van der Waals surface area contributed by atoms with Gasteiger partial charge in [0.1, 0.15) is 0 Å². The zero-order chi connectivity index (χ0) is 13.5. The van der Waals surface area contributed by atoms with Crippen molar-refractivity contribution in [1.29, 1.82) is 5.26 Å². The van der Waals surface area contributed by atoms with Crippen LogP contribution < -0.4 is 15.4 Å². The Kier molecular flexibility index (Phi) is 4.48. The zero-order valence-electron chi connectivity index (χ0n) is 10.0. The van der Waals surface area contributed by atoms with E-state index in [0.29, 0.717) is 12.1 Å². The highest BCUT2D eigenvalue weighted by molar-refractivity contribution is 8.01. The van der Waals surface area contributed by atoms with Crippen molar-refractivity contribution in [2.45, 2.75) is 6.54 Å². The van der Waals surface area contributed by atoms with Crippen molar-refractivity contribution in [3.8, 4) is 6.07 Å². The van der Waals surface area contributed by atoms with Crippen molar-refractivity contribution in [1.82, 2.24) is 15.4 Å². The van der Waals surface area contributed by atoms with Gasteiger partial charge in [-0.15, -0.1) is 0 Å². The molecule has 0 unspecified atom stereocenters. The minimum Gasteiger partial charge on any atom is -0.334 e. The quantitative estimate of drug-likeness (QED) is 0.735. The summed E-state index contributed by atoms with van der Waals surface area (Å²) in [5.74, 6) is 0. The van der Waals surface area contributed by atoms with Gasteiger partial charge in [0.15, 0.2) is 0 Å². The summed E-state index contributed by atoms with van der Waals surface area (Å²) < 4.78 is 2.92. The summed E-state index contributed by atoms with van der Waals surface area (Å²) in [6.07, 6.45) is 5.40. The predicted octanol–water partition coefficient (Wildman–Crippen LogP) is 1.96. The van der Waals surface area contributed by atoms with E-state index >= 15 is 0 Å². The largest absolute Gasteiger partial charge is 0.334 e. The number of carbonyl (C=O) groups excluding carboxylic acids is 1. The van der Waals surface area contributed by atoms with Crippen molar-refractivity contribution in [3.05, 3.63) is 58.8 Å². The lowest BCUT2D eigenvalue weighted by molar-refractivity contribution is 0.243. The predicted molar refractivity (Wildman–Crippen MR) is 74.5 cm³/mol. The third-order valence-corrected chi connectivity index (χ3v) is 3.07. The van der Waals surface area contributed by atoms with Crippen LogP contribution in [0, 0.1) is 11.3 Å². The van der Waals surface area contributed by atoms with Crippen LogP contribution in [0.15, 0.2) is 47.6 Å². The molecule has 96 valence electrons. The molecule has 1 aromatic carbocycles. The van der Waals surface area contributed by atoms with Crippen LogP contribution in [0.25, 0.3) is 0 Å². The van der Waals surface area contributed by atoms with Crippen LogP contribution in [0.3, 0.4) is 0 Å². The molecule has 5 nitrogen and oxygen atoms in total. The van der Waals surface area contributed by atoms with Gasteiger partial charge >= 0.3 is 6.03 Å². The lowest BCUT2D eigenvalue weighted by Crippen LogP contribution is -2.34. The smallest absolute Gasteiger partial charge is 0.319 e. The van der Waals surface area contributed by atoms with E-state index in [1.165, 1.54) is 11.9 Å². The Bertz CT molecular complexity index is 557. The van der Waals surface area contributed by atoms with Crippen LogP contribution in [-0.2, 0) is 6.54 Å². The van der Waals surface area contributed by atoms with E-state index in [0.717, 1.165) is 10.6 Å². The first-order valence-corrected chi connectivity index (χ1v) is 6.42. The molecule has 0 spiro atoms. The number of allylic oxidation sites excluding steroid dienone is 2. The standard InChI is InChI=1S/C13H12N4OS/c14-8-10-3-5-11(6-4-10)9-15-13(18)17-12-2-1-7-16-19-12/h1-7,16H,9H2,(H2,15,17,18). The van der Waals surface area contributed by atoms with Crippen LogP contribution in [0.5, 0.6) is 0 Å². The van der Waals surface area contributed by atoms with E-state index in [-0.39, 0.29) is 6.03 Å². The molecule has 1 aliphatic heterocycles. The lowest BCUT2D eigenvalue weighted by Gasteiger charge is -2.12. The normalized spacial score (nSPS) is 12.9. The fraction of sp³-hybridized carbons (Fsp3) is 0.0769. The molecule has 0 radical (unpaired) electrons. The van der Waals surface area contributed by atoms with Gasteiger partial charge in [-0.25, -0.2) is 4.79 Å². The molecule has 1 aromatic rings. The van der Waals surface area contributed by atoms with Crippen LogP contribution in [0.4, 0.5) is 4.79 Å². The molecule has 1 aliphatic rings. The number of nitriles is 1.